The van der Waals surface area contributed by atoms with Gasteiger partial charge < -0.3 is 9.72 Å². The number of aryl methyl sites for hydroxylation is 2. The molecule has 1 N–H and O–H groups in total. The number of hydrogen-bond acceptors (Lipinski definition) is 7. The second-order valence-corrected chi connectivity index (χ2v) is 7.19. The molecule has 2 aromatic heterocycles. The Morgan fingerprint density at radius 2 is 1.80 bits per heavy atom. The van der Waals surface area contributed by atoms with Gasteiger partial charge in [-0.2, -0.15) is 4.80 Å². The lowest BCUT2D eigenvalue weighted by Crippen LogP contribution is -2.27. The van der Waals surface area contributed by atoms with Gasteiger partial charge in [0.15, 0.2) is 18.4 Å². The minimum Gasteiger partial charge on any atom is -0.453 e. The zero-order valence-corrected chi connectivity index (χ0v) is 17.5. The number of H-pyrrole nitrogens is 1. The van der Waals surface area contributed by atoms with E-state index >= 15 is 0 Å². The molecule has 9 nitrogen and oxygen atoms in total. The molecule has 0 aliphatic rings. The van der Waals surface area contributed by atoms with Crippen molar-refractivity contribution in [2.45, 2.75) is 47.3 Å². The van der Waals surface area contributed by atoms with Gasteiger partial charge in [0.1, 0.15) is 0 Å². The topological polar surface area (TPSA) is 120 Å². The number of carbonyl (C=O) groups is 3. The Hall–Kier alpha value is -3.62. The van der Waals surface area contributed by atoms with Gasteiger partial charge >= 0.3 is 5.97 Å². The summed E-state index contributed by atoms with van der Waals surface area (Å²) in [7, 11) is 0. The summed E-state index contributed by atoms with van der Waals surface area (Å²) in [5.74, 6) is -0.826. The van der Waals surface area contributed by atoms with E-state index < -0.39 is 17.9 Å². The van der Waals surface area contributed by atoms with Crippen molar-refractivity contribution >= 4 is 17.5 Å². The Bertz CT molecular complexity index is 1110. The molecule has 1 unspecified atom stereocenters. The fourth-order valence-corrected chi connectivity index (χ4v) is 3.26. The van der Waals surface area contributed by atoms with Gasteiger partial charge in [-0.15, -0.1) is 10.2 Å². The number of nitrogens with zero attached hydrogens (tertiary/aromatic N) is 4. The first-order chi connectivity index (χ1) is 14.2. The summed E-state index contributed by atoms with van der Waals surface area (Å²) < 4.78 is 5.24. The predicted molar refractivity (Wildman–Crippen MR) is 108 cm³/mol. The van der Waals surface area contributed by atoms with E-state index in [1.165, 1.54) is 13.8 Å². The lowest BCUT2D eigenvalue weighted by molar-refractivity contribution is -0.147. The lowest BCUT2D eigenvalue weighted by atomic mass is 10.0. The molecule has 0 aliphatic carbocycles. The van der Waals surface area contributed by atoms with Crippen LogP contribution in [-0.2, 0) is 16.1 Å². The predicted octanol–water partition coefficient (Wildman–Crippen LogP) is 2.61. The molecule has 0 bridgehead atoms. The highest BCUT2D eigenvalue weighted by molar-refractivity contribution is 6.05. The first-order valence-corrected chi connectivity index (χ1v) is 9.46. The number of aromatic nitrogens is 5. The largest absolute Gasteiger partial charge is 0.453 e. The van der Waals surface area contributed by atoms with Gasteiger partial charge in [0, 0.05) is 16.8 Å². The number of aromatic amines is 1. The standard InChI is InChI=1S/C21H23N5O4/c1-11-6-8-16(9-7-11)21-23-25-26(24-21)10-17(28)30-15(5)20(29)19-12(2)18(14(4)27)13(3)22-19/h6-9,15,22H,10H2,1-5H3. The fraction of sp³-hybridized carbons (Fsp3) is 0.333. The molecule has 2 heterocycles. The number of hydrogen-bond donors (Lipinski definition) is 1. The Labute approximate surface area is 173 Å². The second-order valence-electron chi connectivity index (χ2n) is 7.19. The fourth-order valence-electron chi connectivity index (χ4n) is 3.26. The van der Waals surface area contributed by atoms with Crippen LogP contribution >= 0.6 is 0 Å². The molecule has 1 aromatic carbocycles. The van der Waals surface area contributed by atoms with Crippen LogP contribution in [0.2, 0.25) is 0 Å². The number of nitrogens with one attached hydrogen (secondary N) is 1. The Kier molecular flexibility index (Phi) is 5.91. The maximum Gasteiger partial charge on any atom is 0.330 e. The summed E-state index contributed by atoms with van der Waals surface area (Å²) in [5.41, 5.74) is 3.79. The van der Waals surface area contributed by atoms with Crippen LogP contribution in [0.4, 0.5) is 0 Å². The summed E-state index contributed by atoms with van der Waals surface area (Å²) in [5, 5.41) is 12.0. The maximum atomic E-state index is 12.7. The number of Topliss-reactive ketones (excluding diaryl/α,β-unsaturated/α-hetero) is 2. The van der Waals surface area contributed by atoms with Crippen molar-refractivity contribution in [1.29, 1.82) is 0 Å². The smallest absolute Gasteiger partial charge is 0.330 e. The van der Waals surface area contributed by atoms with Crippen LogP contribution < -0.4 is 0 Å². The average molecular weight is 409 g/mol. The minimum absolute atomic E-state index is 0.133. The summed E-state index contributed by atoms with van der Waals surface area (Å²) in [6.45, 7) is 8.03. The van der Waals surface area contributed by atoms with E-state index in [1.807, 2.05) is 31.2 Å². The van der Waals surface area contributed by atoms with Crippen molar-refractivity contribution in [3.63, 3.8) is 0 Å². The zero-order chi connectivity index (χ0) is 22.0. The first-order valence-electron chi connectivity index (χ1n) is 9.46. The van der Waals surface area contributed by atoms with Crippen LogP contribution in [0.1, 0.15) is 51.5 Å². The highest BCUT2D eigenvalue weighted by Crippen LogP contribution is 2.20. The molecule has 0 saturated heterocycles. The highest BCUT2D eigenvalue weighted by Gasteiger charge is 2.26. The lowest BCUT2D eigenvalue weighted by Gasteiger charge is -2.11. The van der Waals surface area contributed by atoms with E-state index in [-0.39, 0.29) is 18.0 Å². The average Bonchev–Trinajstić information content (AvgIpc) is 3.25. The summed E-state index contributed by atoms with van der Waals surface area (Å²) in [6.07, 6.45) is -1.03. The number of benzene rings is 1. The first kappa shape index (κ1) is 21.1. The van der Waals surface area contributed by atoms with Crippen molar-refractivity contribution in [3.8, 4) is 11.4 Å². The van der Waals surface area contributed by atoms with E-state index in [0.29, 0.717) is 22.6 Å². The van der Waals surface area contributed by atoms with Crippen molar-refractivity contribution in [2.24, 2.45) is 0 Å². The van der Waals surface area contributed by atoms with Gasteiger partial charge in [0.05, 0.1) is 5.69 Å². The monoisotopic (exact) mass is 409 g/mol. The summed E-state index contributed by atoms with van der Waals surface area (Å²) >= 11 is 0. The van der Waals surface area contributed by atoms with E-state index in [9.17, 15) is 14.4 Å². The van der Waals surface area contributed by atoms with Gasteiger partial charge in [0.2, 0.25) is 11.6 Å². The number of ether oxygens (including phenoxy) is 1. The molecular formula is C21H23N5O4. The van der Waals surface area contributed by atoms with Crippen LogP contribution in [0.3, 0.4) is 0 Å². The molecule has 9 heteroatoms. The molecule has 30 heavy (non-hydrogen) atoms. The van der Waals surface area contributed by atoms with Crippen LogP contribution in [0, 0.1) is 20.8 Å². The third-order valence-corrected chi connectivity index (χ3v) is 4.75. The molecule has 0 fully saturated rings. The zero-order valence-electron chi connectivity index (χ0n) is 17.5. The molecule has 0 aliphatic heterocycles. The second kappa shape index (κ2) is 8.40. The van der Waals surface area contributed by atoms with Gasteiger partial charge in [-0.05, 0) is 45.4 Å². The highest BCUT2D eigenvalue weighted by atomic mass is 16.5. The molecule has 156 valence electrons. The molecular weight excluding hydrogens is 386 g/mol. The van der Waals surface area contributed by atoms with Crippen LogP contribution in [0.5, 0.6) is 0 Å². The molecule has 0 amide bonds. The molecule has 1 atom stereocenters. The number of tetrazole rings is 1. The van der Waals surface area contributed by atoms with E-state index in [1.54, 1.807) is 13.8 Å². The van der Waals surface area contributed by atoms with Gasteiger partial charge in [-0.1, -0.05) is 29.8 Å². The minimum atomic E-state index is -1.03. The van der Waals surface area contributed by atoms with E-state index in [4.69, 9.17) is 4.74 Å². The van der Waals surface area contributed by atoms with Crippen LogP contribution in [0.25, 0.3) is 11.4 Å². The van der Waals surface area contributed by atoms with Crippen molar-refractivity contribution in [3.05, 3.63) is 52.3 Å². The maximum absolute atomic E-state index is 12.7. The molecule has 0 spiro atoms. The van der Waals surface area contributed by atoms with Gasteiger partial charge in [0.25, 0.3) is 0 Å². The summed E-state index contributed by atoms with van der Waals surface area (Å²) in [4.78, 5) is 40.7. The number of esters is 1. The van der Waals surface area contributed by atoms with Crippen molar-refractivity contribution in [2.75, 3.05) is 0 Å². The number of ketones is 2. The molecule has 0 radical (unpaired) electrons. The van der Waals surface area contributed by atoms with Crippen LogP contribution in [0.15, 0.2) is 24.3 Å². The SMILES string of the molecule is CC(=O)c1c(C)[nH]c(C(=O)C(C)OC(=O)Cn2nnc(-c3ccc(C)cc3)n2)c1C. The molecule has 0 saturated carbocycles. The molecule has 3 aromatic rings. The third-order valence-electron chi connectivity index (χ3n) is 4.75. The van der Waals surface area contributed by atoms with Crippen LogP contribution in [-0.4, -0.2) is 48.8 Å². The quantitative estimate of drug-likeness (QED) is 0.470. The number of carbonyl (C=O) groups excluding carboxylic acids is 3. The van der Waals surface area contributed by atoms with E-state index in [2.05, 4.69) is 20.4 Å². The van der Waals surface area contributed by atoms with Crippen molar-refractivity contribution < 1.29 is 19.1 Å². The van der Waals surface area contributed by atoms with E-state index in [0.717, 1.165) is 15.9 Å². The normalized spacial score (nSPS) is 11.9. The Morgan fingerprint density at radius 3 is 2.40 bits per heavy atom. The summed E-state index contributed by atoms with van der Waals surface area (Å²) in [6, 6.07) is 7.59. The Morgan fingerprint density at radius 1 is 1.13 bits per heavy atom. The van der Waals surface area contributed by atoms with Gasteiger partial charge in [-0.3, -0.25) is 9.59 Å². The molecule has 3 rings (SSSR count). The van der Waals surface area contributed by atoms with Crippen molar-refractivity contribution in [1.82, 2.24) is 25.2 Å². The van der Waals surface area contributed by atoms with Gasteiger partial charge in [-0.25, -0.2) is 4.79 Å². The Balaban J connectivity index is 1.65. The number of rotatable bonds is 7. The third kappa shape index (κ3) is 4.35.